The number of hydrogen-bond donors (Lipinski definition) is 1. The highest BCUT2D eigenvalue weighted by atomic mass is 28.3. The molecule has 0 saturated carbocycles. The minimum absolute atomic E-state index is 0.999. The van der Waals surface area contributed by atoms with Crippen molar-refractivity contribution in [2.45, 2.75) is 72.4 Å². The van der Waals surface area contributed by atoms with Crippen molar-refractivity contribution in [3.63, 3.8) is 0 Å². The van der Waals surface area contributed by atoms with Crippen molar-refractivity contribution in [2.24, 2.45) is 0 Å². The predicted octanol–water partition coefficient (Wildman–Crippen LogP) is 6.05. The smallest absolute Gasteiger partial charge is 0.129 e. The van der Waals surface area contributed by atoms with E-state index in [4.69, 9.17) is 0 Å². The van der Waals surface area contributed by atoms with Crippen LogP contribution in [0.25, 0.3) is 0 Å². The fourth-order valence-electron chi connectivity index (χ4n) is 2.20. The molecule has 1 nitrogen and oxygen atoms in total. The Morgan fingerprint density at radius 2 is 1.40 bits per heavy atom. The fraction of sp³-hybridized carbons (Fsp3) is 0.545. The summed E-state index contributed by atoms with van der Waals surface area (Å²) in [6.07, 6.45) is 3.70. The number of nitrogens with one attached hydrogen (secondary N) is 1. The Labute approximate surface area is 158 Å². The standard InChI is InChI=1S/C22H35NSi2/c1-9-10-11-14-23-22-18-20(12-15-24(3,4)5)19(2)17-21(22)13-16-25(6,7)8/h17-18,23H,9-11,14H2,1-8H3. The van der Waals surface area contributed by atoms with Crippen LogP contribution in [0.1, 0.15) is 42.9 Å². The van der Waals surface area contributed by atoms with Crippen LogP contribution in [-0.4, -0.2) is 22.7 Å². The molecule has 0 atom stereocenters. The number of anilines is 1. The maximum absolute atomic E-state index is 3.61. The van der Waals surface area contributed by atoms with Gasteiger partial charge in [0.05, 0.1) is 5.69 Å². The molecule has 0 amide bonds. The van der Waals surface area contributed by atoms with Crippen LogP contribution >= 0.6 is 0 Å². The lowest BCUT2D eigenvalue weighted by Crippen LogP contribution is -2.16. The molecule has 1 N–H and O–H groups in total. The van der Waals surface area contributed by atoms with Gasteiger partial charge in [-0.3, -0.25) is 0 Å². The molecular weight excluding hydrogens is 334 g/mol. The lowest BCUT2D eigenvalue weighted by Gasteiger charge is -2.12. The van der Waals surface area contributed by atoms with E-state index in [1.54, 1.807) is 0 Å². The van der Waals surface area contributed by atoms with Gasteiger partial charge in [-0.2, -0.15) is 0 Å². The van der Waals surface area contributed by atoms with Crippen LogP contribution in [0.15, 0.2) is 12.1 Å². The Balaban J connectivity index is 3.23. The second kappa shape index (κ2) is 9.32. The molecule has 0 spiro atoms. The molecule has 0 aliphatic rings. The van der Waals surface area contributed by atoms with Crippen LogP contribution in [0.5, 0.6) is 0 Å². The third-order valence-electron chi connectivity index (χ3n) is 3.60. The van der Waals surface area contributed by atoms with E-state index in [9.17, 15) is 0 Å². The van der Waals surface area contributed by atoms with Crippen molar-refractivity contribution in [1.29, 1.82) is 0 Å². The van der Waals surface area contributed by atoms with Gasteiger partial charge in [0, 0.05) is 17.7 Å². The highest BCUT2D eigenvalue weighted by Crippen LogP contribution is 2.21. The first kappa shape index (κ1) is 21.6. The quantitative estimate of drug-likeness (QED) is 0.378. The molecule has 0 unspecified atom stereocenters. The summed E-state index contributed by atoms with van der Waals surface area (Å²) >= 11 is 0. The Bertz CT molecular complexity index is 698. The number of benzene rings is 1. The zero-order chi connectivity index (χ0) is 19.1. The molecule has 1 rings (SSSR count). The van der Waals surface area contributed by atoms with E-state index in [0.717, 1.165) is 23.4 Å². The van der Waals surface area contributed by atoms with Crippen LogP contribution in [0.4, 0.5) is 5.69 Å². The zero-order valence-corrected chi connectivity index (χ0v) is 19.5. The van der Waals surface area contributed by atoms with Gasteiger partial charge in [0.1, 0.15) is 16.1 Å². The molecule has 0 bridgehead atoms. The molecule has 0 heterocycles. The van der Waals surface area contributed by atoms with Gasteiger partial charge >= 0.3 is 0 Å². The summed E-state index contributed by atoms with van der Waals surface area (Å²) in [5.74, 6) is 6.87. The predicted molar refractivity (Wildman–Crippen MR) is 120 cm³/mol. The van der Waals surface area contributed by atoms with E-state index < -0.39 is 16.1 Å². The van der Waals surface area contributed by atoms with Crippen molar-refractivity contribution in [3.8, 4) is 22.9 Å². The van der Waals surface area contributed by atoms with Crippen LogP contribution in [0.2, 0.25) is 39.3 Å². The first-order valence-corrected chi connectivity index (χ1v) is 16.5. The van der Waals surface area contributed by atoms with Crippen LogP contribution in [-0.2, 0) is 0 Å². The molecule has 0 saturated heterocycles. The van der Waals surface area contributed by atoms with Crippen LogP contribution in [0.3, 0.4) is 0 Å². The first-order chi connectivity index (χ1) is 11.5. The maximum atomic E-state index is 3.61. The van der Waals surface area contributed by atoms with E-state index in [0.29, 0.717) is 0 Å². The monoisotopic (exact) mass is 369 g/mol. The average Bonchev–Trinajstić information content (AvgIpc) is 2.48. The molecular formula is C22H35NSi2. The Morgan fingerprint density at radius 3 is 1.92 bits per heavy atom. The van der Waals surface area contributed by atoms with Crippen LogP contribution < -0.4 is 5.32 Å². The summed E-state index contributed by atoms with van der Waals surface area (Å²) in [6.45, 7) is 19.1. The van der Waals surface area contributed by atoms with Crippen molar-refractivity contribution < 1.29 is 0 Å². The number of aryl methyl sites for hydroxylation is 1. The summed E-state index contributed by atoms with van der Waals surface area (Å²) in [7, 11) is -2.76. The number of unbranched alkanes of at least 4 members (excludes halogenated alkanes) is 2. The molecule has 1 aromatic carbocycles. The summed E-state index contributed by atoms with van der Waals surface area (Å²) in [5, 5.41) is 3.61. The lowest BCUT2D eigenvalue weighted by atomic mass is 10.0. The van der Waals surface area contributed by atoms with Crippen LogP contribution in [0, 0.1) is 29.9 Å². The highest BCUT2D eigenvalue weighted by molar-refractivity contribution is 6.84. The van der Waals surface area contributed by atoms with E-state index in [1.807, 2.05) is 0 Å². The van der Waals surface area contributed by atoms with Gasteiger partial charge in [0.2, 0.25) is 0 Å². The topological polar surface area (TPSA) is 12.0 Å². The van der Waals surface area contributed by atoms with Gasteiger partial charge < -0.3 is 5.32 Å². The molecule has 3 heteroatoms. The molecule has 0 aliphatic heterocycles. The zero-order valence-electron chi connectivity index (χ0n) is 17.5. The molecule has 0 radical (unpaired) electrons. The van der Waals surface area contributed by atoms with Gasteiger partial charge in [0.15, 0.2) is 0 Å². The highest BCUT2D eigenvalue weighted by Gasteiger charge is 2.11. The molecule has 25 heavy (non-hydrogen) atoms. The third kappa shape index (κ3) is 9.01. The average molecular weight is 370 g/mol. The van der Waals surface area contributed by atoms with Gasteiger partial charge in [0.25, 0.3) is 0 Å². The molecule has 136 valence electrons. The van der Waals surface area contributed by atoms with Crippen molar-refractivity contribution in [2.75, 3.05) is 11.9 Å². The largest absolute Gasteiger partial charge is 0.384 e. The van der Waals surface area contributed by atoms with E-state index in [1.165, 1.54) is 24.8 Å². The van der Waals surface area contributed by atoms with E-state index in [2.05, 4.69) is 93.5 Å². The first-order valence-electron chi connectivity index (χ1n) is 9.47. The van der Waals surface area contributed by atoms with E-state index in [-0.39, 0.29) is 0 Å². The number of hydrogen-bond acceptors (Lipinski definition) is 1. The minimum Gasteiger partial charge on any atom is -0.384 e. The van der Waals surface area contributed by atoms with Gasteiger partial charge in [-0.05, 0) is 31.0 Å². The second-order valence-corrected chi connectivity index (χ2v) is 18.3. The third-order valence-corrected chi connectivity index (χ3v) is 5.35. The summed E-state index contributed by atoms with van der Waals surface area (Å²) in [4.78, 5) is 0. The van der Waals surface area contributed by atoms with Gasteiger partial charge in [-0.15, -0.1) is 11.1 Å². The summed E-state index contributed by atoms with van der Waals surface area (Å²) in [6, 6.07) is 4.42. The normalized spacial score (nSPS) is 11.2. The summed E-state index contributed by atoms with van der Waals surface area (Å²) < 4.78 is 0. The Kier molecular flexibility index (Phi) is 8.06. The fourth-order valence-corrected chi connectivity index (χ4v) is 3.22. The Hall–Kier alpha value is -1.43. The summed E-state index contributed by atoms with van der Waals surface area (Å²) in [5.41, 5.74) is 11.6. The van der Waals surface area contributed by atoms with Crippen molar-refractivity contribution >= 4 is 21.8 Å². The van der Waals surface area contributed by atoms with Gasteiger partial charge in [-0.1, -0.05) is 70.9 Å². The number of rotatable bonds is 5. The molecule has 1 aromatic rings. The lowest BCUT2D eigenvalue weighted by molar-refractivity contribution is 0.743. The Morgan fingerprint density at radius 1 is 0.840 bits per heavy atom. The second-order valence-electron chi connectivity index (χ2n) is 8.85. The van der Waals surface area contributed by atoms with Gasteiger partial charge in [-0.25, -0.2) is 0 Å². The van der Waals surface area contributed by atoms with Crippen molar-refractivity contribution in [1.82, 2.24) is 0 Å². The molecule has 0 fully saturated rings. The van der Waals surface area contributed by atoms with E-state index >= 15 is 0 Å². The molecule has 0 aromatic heterocycles. The minimum atomic E-state index is -1.39. The van der Waals surface area contributed by atoms with Crippen molar-refractivity contribution in [3.05, 3.63) is 28.8 Å². The molecule has 0 aliphatic carbocycles. The SMILES string of the molecule is CCCCCNc1cc(C#C[Si](C)(C)C)c(C)cc1C#C[Si](C)(C)C. The maximum Gasteiger partial charge on any atom is 0.129 e.